The van der Waals surface area contributed by atoms with Gasteiger partial charge in [-0.2, -0.15) is 0 Å². The molecule has 0 aromatic heterocycles. The highest BCUT2D eigenvalue weighted by molar-refractivity contribution is 5.78. The van der Waals surface area contributed by atoms with E-state index < -0.39 is 0 Å². The van der Waals surface area contributed by atoms with Gasteiger partial charge < -0.3 is 19.4 Å². The van der Waals surface area contributed by atoms with Crippen molar-refractivity contribution in [3.63, 3.8) is 0 Å². The molecule has 0 aliphatic heterocycles. The minimum Gasteiger partial charge on any atom is -0.382 e. The van der Waals surface area contributed by atoms with Gasteiger partial charge in [-0.25, -0.2) is 0 Å². The van der Waals surface area contributed by atoms with Crippen LogP contribution >= 0.6 is 0 Å². The molecule has 2 atom stereocenters. The van der Waals surface area contributed by atoms with E-state index in [-0.39, 0.29) is 17.9 Å². The quantitative estimate of drug-likeness (QED) is 0.461. The third-order valence-electron chi connectivity index (χ3n) is 3.76. The van der Waals surface area contributed by atoms with Crippen LogP contribution in [0.5, 0.6) is 0 Å². The van der Waals surface area contributed by atoms with E-state index in [1.807, 2.05) is 13.8 Å². The van der Waals surface area contributed by atoms with Gasteiger partial charge in [0.15, 0.2) is 6.10 Å². The molecule has 0 aliphatic rings. The minimum atomic E-state index is -0.297. The molecule has 0 spiro atoms. The van der Waals surface area contributed by atoms with Crippen LogP contribution in [0.4, 0.5) is 0 Å². The number of aliphatic hydroxyl groups is 1. The first-order valence-corrected chi connectivity index (χ1v) is 8.05. The minimum absolute atomic E-state index is 0.0962. The van der Waals surface area contributed by atoms with E-state index in [1.165, 1.54) is 0 Å². The van der Waals surface area contributed by atoms with Gasteiger partial charge in [0.05, 0.1) is 41.8 Å². The van der Waals surface area contributed by atoms with Crippen LogP contribution in [0.3, 0.4) is 0 Å². The van der Waals surface area contributed by atoms with E-state index in [4.69, 9.17) is 0 Å². The van der Waals surface area contributed by atoms with Crippen molar-refractivity contribution in [2.45, 2.75) is 32.8 Å². The maximum atomic E-state index is 11.7. The summed E-state index contributed by atoms with van der Waals surface area (Å²) < 4.78 is 1.55. The third kappa shape index (κ3) is 10.7. The number of carbonyl (C=O) groups is 1. The fourth-order valence-corrected chi connectivity index (χ4v) is 2.43. The predicted octanol–water partition coefficient (Wildman–Crippen LogP) is 0.682. The van der Waals surface area contributed by atoms with Gasteiger partial charge in [-0.15, -0.1) is 0 Å². The van der Waals surface area contributed by atoms with Crippen LogP contribution in [0.2, 0.25) is 0 Å². The number of amides is 1. The Morgan fingerprint density at radius 1 is 1.14 bits per heavy atom. The second-order valence-corrected chi connectivity index (χ2v) is 7.92. The summed E-state index contributed by atoms with van der Waals surface area (Å²) in [6.07, 6.45) is 1.52. The number of likely N-dealkylation sites (N-methyl/N-ethyl adjacent to an activating group) is 2. The Hall–Kier alpha value is -0.650. The summed E-state index contributed by atoms with van der Waals surface area (Å²) >= 11 is 0. The first-order chi connectivity index (χ1) is 9.47. The zero-order chi connectivity index (χ0) is 16.7. The Morgan fingerprint density at radius 3 is 2.19 bits per heavy atom. The average molecular weight is 303 g/mol. The van der Waals surface area contributed by atoms with Crippen molar-refractivity contribution in [2.24, 2.45) is 5.92 Å². The van der Waals surface area contributed by atoms with Gasteiger partial charge in [0.2, 0.25) is 5.91 Å². The molecule has 0 aliphatic carbocycles. The largest absolute Gasteiger partial charge is 0.382 e. The molecule has 5 heteroatoms. The van der Waals surface area contributed by atoms with E-state index in [0.717, 1.165) is 48.0 Å². The van der Waals surface area contributed by atoms with E-state index in [9.17, 15) is 9.90 Å². The molecular weight excluding hydrogens is 266 g/mol. The Kier molecular flexibility index (Phi) is 8.44. The molecule has 0 bridgehead atoms. The SMILES string of the molecule is CCC(C)C(=O)NCCC[N+](C)(C)CC(O)C[N+](C)(C)C. The van der Waals surface area contributed by atoms with Crippen molar-refractivity contribution in [3.05, 3.63) is 0 Å². The fraction of sp³-hybridized carbons (Fsp3) is 0.938. The zero-order valence-corrected chi connectivity index (χ0v) is 15.1. The topological polar surface area (TPSA) is 49.3 Å². The second kappa shape index (κ2) is 8.71. The lowest BCUT2D eigenvalue weighted by Gasteiger charge is -2.34. The molecule has 0 saturated carbocycles. The second-order valence-electron chi connectivity index (χ2n) is 7.92. The molecule has 5 nitrogen and oxygen atoms in total. The number of hydrogen-bond donors (Lipinski definition) is 2. The van der Waals surface area contributed by atoms with Crippen molar-refractivity contribution in [1.29, 1.82) is 0 Å². The van der Waals surface area contributed by atoms with Gasteiger partial charge in [-0.3, -0.25) is 4.79 Å². The molecule has 2 N–H and O–H groups in total. The third-order valence-corrected chi connectivity index (χ3v) is 3.76. The molecule has 0 rings (SSSR count). The van der Waals surface area contributed by atoms with Crippen LogP contribution in [0.25, 0.3) is 0 Å². The van der Waals surface area contributed by atoms with Gasteiger partial charge >= 0.3 is 0 Å². The predicted molar refractivity (Wildman–Crippen MR) is 87.8 cm³/mol. The summed E-state index contributed by atoms with van der Waals surface area (Å²) in [5.41, 5.74) is 0. The summed E-state index contributed by atoms with van der Waals surface area (Å²) in [6, 6.07) is 0. The molecule has 0 aromatic rings. The van der Waals surface area contributed by atoms with Gasteiger partial charge in [-0.1, -0.05) is 13.8 Å². The Labute approximate surface area is 131 Å². The first kappa shape index (κ1) is 20.3. The van der Waals surface area contributed by atoms with Gasteiger partial charge in [0.1, 0.15) is 13.1 Å². The summed E-state index contributed by atoms with van der Waals surface area (Å²) in [4.78, 5) is 11.7. The van der Waals surface area contributed by atoms with Crippen molar-refractivity contribution in [3.8, 4) is 0 Å². The molecule has 2 unspecified atom stereocenters. The van der Waals surface area contributed by atoms with E-state index >= 15 is 0 Å². The number of nitrogens with zero attached hydrogens (tertiary/aromatic N) is 2. The van der Waals surface area contributed by atoms with E-state index in [2.05, 4.69) is 40.6 Å². The summed E-state index contributed by atoms with van der Waals surface area (Å²) in [5, 5.41) is 13.2. The zero-order valence-electron chi connectivity index (χ0n) is 15.1. The highest BCUT2D eigenvalue weighted by Gasteiger charge is 2.24. The molecule has 0 fully saturated rings. The van der Waals surface area contributed by atoms with Gasteiger partial charge in [0.25, 0.3) is 0 Å². The van der Waals surface area contributed by atoms with Crippen LogP contribution < -0.4 is 5.32 Å². The molecule has 0 saturated heterocycles. The number of aliphatic hydroxyl groups excluding tert-OH is 1. The highest BCUT2D eigenvalue weighted by atomic mass is 16.3. The monoisotopic (exact) mass is 303 g/mol. The number of hydrogen-bond acceptors (Lipinski definition) is 2. The fourth-order valence-electron chi connectivity index (χ4n) is 2.43. The lowest BCUT2D eigenvalue weighted by Crippen LogP contribution is -2.51. The Balaban J connectivity index is 4.00. The number of quaternary nitrogens is 2. The molecule has 21 heavy (non-hydrogen) atoms. The van der Waals surface area contributed by atoms with E-state index in [1.54, 1.807) is 0 Å². The Morgan fingerprint density at radius 2 is 1.71 bits per heavy atom. The standard InChI is InChI=1S/C16H36N3O2/c1-8-14(2)16(21)17-10-9-11-19(6,7)13-15(20)12-18(3,4)5/h14-15,20H,8-13H2,1-7H3/q+1/p+1. The van der Waals surface area contributed by atoms with Crippen LogP contribution in [0.1, 0.15) is 26.7 Å². The molecule has 0 heterocycles. The number of rotatable bonds is 10. The normalized spacial score (nSPS) is 15.6. The van der Waals surface area contributed by atoms with Crippen LogP contribution in [-0.2, 0) is 4.79 Å². The van der Waals surface area contributed by atoms with Crippen molar-refractivity contribution >= 4 is 5.91 Å². The Bertz CT molecular complexity index is 311. The molecule has 0 aromatic carbocycles. The summed E-state index contributed by atoms with van der Waals surface area (Å²) in [5.74, 6) is 0.242. The molecular formula is C16H37N3O2+2. The maximum absolute atomic E-state index is 11.7. The molecule has 0 radical (unpaired) electrons. The summed E-state index contributed by atoms with van der Waals surface area (Å²) in [7, 11) is 10.5. The lowest BCUT2D eigenvalue weighted by atomic mass is 10.1. The van der Waals surface area contributed by atoms with Crippen molar-refractivity contribution in [1.82, 2.24) is 5.32 Å². The van der Waals surface area contributed by atoms with Crippen molar-refractivity contribution < 1.29 is 18.9 Å². The smallest absolute Gasteiger partial charge is 0.222 e. The van der Waals surface area contributed by atoms with Crippen molar-refractivity contribution in [2.75, 3.05) is 61.4 Å². The van der Waals surface area contributed by atoms with Gasteiger partial charge in [0, 0.05) is 18.9 Å². The number of carbonyl (C=O) groups excluding carboxylic acids is 1. The average Bonchev–Trinajstić information content (AvgIpc) is 2.29. The van der Waals surface area contributed by atoms with Crippen LogP contribution in [0, 0.1) is 5.92 Å². The summed E-state index contributed by atoms with van der Waals surface area (Å²) in [6.45, 7) is 7.16. The highest BCUT2D eigenvalue weighted by Crippen LogP contribution is 2.05. The van der Waals surface area contributed by atoms with Crippen LogP contribution in [-0.4, -0.2) is 87.5 Å². The van der Waals surface area contributed by atoms with Crippen LogP contribution in [0.15, 0.2) is 0 Å². The lowest BCUT2D eigenvalue weighted by molar-refractivity contribution is -0.907. The molecule has 1 amide bonds. The number of nitrogens with one attached hydrogen (secondary N) is 1. The maximum Gasteiger partial charge on any atom is 0.222 e. The van der Waals surface area contributed by atoms with E-state index in [0.29, 0.717) is 0 Å². The molecule has 126 valence electrons. The first-order valence-electron chi connectivity index (χ1n) is 8.05. The van der Waals surface area contributed by atoms with Gasteiger partial charge in [-0.05, 0) is 6.42 Å².